The predicted octanol–water partition coefficient (Wildman–Crippen LogP) is 4.55. The fourth-order valence-electron chi connectivity index (χ4n) is 4.92. The minimum absolute atomic E-state index is 0.261. The average Bonchev–Trinajstić information content (AvgIpc) is 3.48. The van der Waals surface area contributed by atoms with Crippen LogP contribution in [0.15, 0.2) is 67.4 Å². The molecule has 1 saturated carbocycles. The number of aromatic nitrogens is 5. The summed E-state index contributed by atoms with van der Waals surface area (Å²) in [6.45, 7) is -0.564. The Balaban J connectivity index is 1.28. The first kappa shape index (κ1) is 29.0. The van der Waals surface area contributed by atoms with Crippen LogP contribution in [0.1, 0.15) is 36.1 Å². The molecule has 2 aromatic heterocycles. The fourth-order valence-corrected chi connectivity index (χ4v) is 5.13. The molecule has 6 rings (SSSR count). The number of nitrogens with zero attached hydrogens (tertiary/aromatic N) is 5. The fraction of sp³-hybridized carbons (Fsp3) is 0.250. The van der Waals surface area contributed by atoms with Crippen molar-refractivity contribution in [3.63, 3.8) is 0 Å². The second-order valence-electron chi connectivity index (χ2n) is 10.2. The number of H-pyrrole nitrogens is 1. The summed E-state index contributed by atoms with van der Waals surface area (Å²) in [5, 5.41) is 20.2. The molecule has 0 radical (unpaired) electrons. The largest absolute Gasteiger partial charge is 0.447 e. The van der Waals surface area contributed by atoms with Crippen LogP contribution in [0.3, 0.4) is 0 Å². The maximum Gasteiger partial charge on any atom is 0.411 e. The molecule has 1 saturated heterocycles. The summed E-state index contributed by atoms with van der Waals surface area (Å²) in [6.07, 6.45) is -0.459. The third-order valence-electron chi connectivity index (χ3n) is 7.47. The molecule has 0 bridgehead atoms. The summed E-state index contributed by atoms with van der Waals surface area (Å²) in [6, 6.07) is 9.56. The van der Waals surface area contributed by atoms with Crippen molar-refractivity contribution in [3.05, 3.63) is 83.5 Å². The second-order valence-corrected chi connectivity index (χ2v) is 10.6. The number of halogens is 4. The number of nitrogens with one attached hydrogen (secondary N) is 4. The van der Waals surface area contributed by atoms with Gasteiger partial charge in [-0.15, -0.1) is 0 Å². The molecule has 12 nitrogen and oxygen atoms in total. The van der Waals surface area contributed by atoms with Crippen LogP contribution in [0, 0.1) is 5.41 Å². The summed E-state index contributed by atoms with van der Waals surface area (Å²) >= 11 is 6.39. The molecule has 2 atom stereocenters. The number of guanidine groups is 1. The zero-order chi connectivity index (χ0) is 31.1. The van der Waals surface area contributed by atoms with E-state index in [0.717, 1.165) is 10.5 Å². The lowest BCUT2D eigenvalue weighted by Gasteiger charge is -2.28. The van der Waals surface area contributed by atoms with Crippen molar-refractivity contribution >= 4 is 29.6 Å². The van der Waals surface area contributed by atoms with Crippen LogP contribution in [0.2, 0.25) is 5.02 Å². The second kappa shape index (κ2) is 11.2. The highest BCUT2D eigenvalue weighted by Gasteiger charge is 2.64. The number of alkyl carbamates (subject to hydrolysis) is 1. The van der Waals surface area contributed by atoms with Crippen molar-refractivity contribution in [2.24, 2.45) is 0 Å². The summed E-state index contributed by atoms with van der Waals surface area (Å²) in [7, 11) is 0. The highest BCUT2D eigenvalue weighted by molar-refractivity contribution is 6.33. The summed E-state index contributed by atoms with van der Waals surface area (Å²) in [5.41, 5.74) is 0.408. The van der Waals surface area contributed by atoms with Gasteiger partial charge in [0.1, 0.15) is 24.5 Å². The van der Waals surface area contributed by atoms with E-state index >= 15 is 0 Å². The smallest absolute Gasteiger partial charge is 0.411 e. The molecule has 2 fully saturated rings. The Bertz CT molecular complexity index is 1700. The summed E-state index contributed by atoms with van der Waals surface area (Å²) in [5.74, 6) is -0.518. The standard InChI is InChI=1S/C28H23ClF3N9O3/c29-19-6-5-17(11-18(19)23-36-14-37-40-23)21(13-44-26(43)39-27(7-8-27)28(30,31)32)41-24(42)22(38-25(41)33)16-3-1-15(2-4-16)20-12-34-9-10-35-20/h1-6,9-12,14,21-22H,7-8,13H2,(H2,33,38)(H,39,43)(H,36,37,40)/t21-,22?/m1/s1. The number of amides is 2. The lowest BCUT2D eigenvalue weighted by Crippen LogP contribution is -2.48. The molecule has 1 aliphatic carbocycles. The number of aromatic amines is 1. The van der Waals surface area contributed by atoms with Crippen LogP contribution in [-0.2, 0) is 9.53 Å². The quantitative estimate of drug-likeness (QED) is 0.222. The van der Waals surface area contributed by atoms with Crippen molar-refractivity contribution in [1.29, 1.82) is 5.41 Å². The van der Waals surface area contributed by atoms with E-state index in [-0.39, 0.29) is 18.8 Å². The highest BCUT2D eigenvalue weighted by atomic mass is 35.5. The van der Waals surface area contributed by atoms with Crippen molar-refractivity contribution < 1.29 is 27.5 Å². The number of carbonyl (C=O) groups is 2. The van der Waals surface area contributed by atoms with Crippen molar-refractivity contribution in [1.82, 2.24) is 40.7 Å². The molecular weight excluding hydrogens is 603 g/mol. The third-order valence-corrected chi connectivity index (χ3v) is 7.80. The van der Waals surface area contributed by atoms with E-state index < -0.39 is 42.4 Å². The average molecular weight is 626 g/mol. The van der Waals surface area contributed by atoms with Gasteiger partial charge in [-0.1, -0.05) is 41.9 Å². The molecule has 16 heteroatoms. The van der Waals surface area contributed by atoms with Crippen molar-refractivity contribution in [2.75, 3.05) is 6.61 Å². The lowest BCUT2D eigenvalue weighted by molar-refractivity contribution is -0.164. The first-order valence-corrected chi connectivity index (χ1v) is 13.7. The molecule has 3 heterocycles. The molecule has 1 unspecified atom stereocenters. The van der Waals surface area contributed by atoms with Gasteiger partial charge in [0.15, 0.2) is 11.8 Å². The Labute approximate surface area is 252 Å². The Morgan fingerprint density at radius 2 is 1.95 bits per heavy atom. The topological polar surface area (TPSA) is 162 Å². The molecule has 2 amide bonds. The Morgan fingerprint density at radius 3 is 2.59 bits per heavy atom. The molecule has 2 aromatic carbocycles. The van der Waals surface area contributed by atoms with Gasteiger partial charge in [0.25, 0.3) is 5.91 Å². The molecule has 226 valence electrons. The monoisotopic (exact) mass is 625 g/mol. The van der Waals surface area contributed by atoms with Gasteiger partial charge in [-0.25, -0.2) is 9.78 Å². The van der Waals surface area contributed by atoms with Gasteiger partial charge < -0.3 is 15.4 Å². The van der Waals surface area contributed by atoms with Crippen LogP contribution >= 0.6 is 11.6 Å². The number of rotatable bonds is 8. The molecule has 44 heavy (non-hydrogen) atoms. The van der Waals surface area contributed by atoms with Gasteiger partial charge in [0, 0.05) is 23.5 Å². The number of alkyl halides is 3. The molecule has 0 spiro atoms. The molecule has 4 N–H and O–H groups in total. The minimum atomic E-state index is -4.64. The van der Waals surface area contributed by atoms with E-state index in [9.17, 15) is 22.8 Å². The number of ether oxygens (including phenoxy) is 1. The van der Waals surface area contributed by atoms with Crippen LogP contribution in [0.5, 0.6) is 0 Å². The number of carbonyl (C=O) groups excluding carboxylic acids is 2. The highest BCUT2D eigenvalue weighted by Crippen LogP contribution is 2.49. The van der Waals surface area contributed by atoms with Gasteiger partial charge >= 0.3 is 12.3 Å². The number of hydrogen-bond acceptors (Lipinski definition) is 8. The zero-order valence-corrected chi connectivity index (χ0v) is 23.4. The first-order valence-electron chi connectivity index (χ1n) is 13.3. The van der Waals surface area contributed by atoms with E-state index in [1.54, 1.807) is 55.0 Å². The molecule has 2 aliphatic rings. The lowest BCUT2D eigenvalue weighted by atomic mass is 10.0. The van der Waals surface area contributed by atoms with Gasteiger partial charge in [-0.3, -0.25) is 30.2 Å². The van der Waals surface area contributed by atoms with Crippen LogP contribution in [0.25, 0.3) is 22.6 Å². The van der Waals surface area contributed by atoms with Gasteiger partial charge in [0.05, 0.1) is 23.0 Å². The van der Waals surface area contributed by atoms with Crippen LogP contribution in [0.4, 0.5) is 18.0 Å². The SMILES string of the molecule is N=C1NC(c2ccc(-c3cnccn3)cc2)C(=O)N1[C@H](COC(=O)NC1(C(F)(F)F)CC1)c1ccc(Cl)c(-c2ncn[nH]2)c1. The first-order chi connectivity index (χ1) is 21.1. The molecule has 1 aliphatic heterocycles. The van der Waals surface area contributed by atoms with Gasteiger partial charge in [0.2, 0.25) is 0 Å². The van der Waals surface area contributed by atoms with Crippen LogP contribution < -0.4 is 10.6 Å². The summed E-state index contributed by atoms with van der Waals surface area (Å²) < 4.78 is 45.5. The Hall–Kier alpha value is -5.05. The van der Waals surface area contributed by atoms with Crippen LogP contribution in [-0.4, -0.2) is 66.3 Å². The van der Waals surface area contributed by atoms with Crippen molar-refractivity contribution in [2.45, 2.75) is 36.6 Å². The van der Waals surface area contributed by atoms with Gasteiger partial charge in [-0.05, 0) is 36.1 Å². The van der Waals surface area contributed by atoms with E-state index in [1.165, 1.54) is 12.4 Å². The van der Waals surface area contributed by atoms with E-state index in [1.807, 2.05) is 5.32 Å². The summed E-state index contributed by atoms with van der Waals surface area (Å²) in [4.78, 5) is 39.9. The molecule has 4 aromatic rings. The normalized spacial score (nSPS) is 18.1. The third kappa shape index (κ3) is 5.53. The number of benzene rings is 2. The zero-order valence-electron chi connectivity index (χ0n) is 22.6. The Morgan fingerprint density at radius 1 is 1.18 bits per heavy atom. The van der Waals surface area contributed by atoms with E-state index in [4.69, 9.17) is 21.7 Å². The van der Waals surface area contributed by atoms with E-state index in [2.05, 4.69) is 30.5 Å². The predicted molar refractivity (Wildman–Crippen MR) is 150 cm³/mol. The van der Waals surface area contributed by atoms with Gasteiger partial charge in [-0.2, -0.15) is 18.3 Å². The molecular formula is C28H23ClF3N9O3. The minimum Gasteiger partial charge on any atom is -0.447 e. The number of hydrogen-bond donors (Lipinski definition) is 4. The Kier molecular flexibility index (Phi) is 7.41. The maximum absolute atomic E-state index is 13.8. The van der Waals surface area contributed by atoms with E-state index in [0.29, 0.717) is 33.2 Å². The maximum atomic E-state index is 13.8. The van der Waals surface area contributed by atoms with Crippen molar-refractivity contribution in [3.8, 4) is 22.6 Å².